The number of thiazole rings is 1. The zero-order chi connectivity index (χ0) is 20.9. The third kappa shape index (κ3) is 4.96. The predicted octanol–water partition coefficient (Wildman–Crippen LogP) is 5.67. The highest BCUT2D eigenvalue weighted by Gasteiger charge is 2.12. The molecular weight excluding hydrogens is 396 g/mol. The topological polar surface area (TPSA) is 64.4 Å². The number of benzene rings is 2. The first-order valence-corrected chi connectivity index (χ1v) is 10.6. The van der Waals surface area contributed by atoms with Crippen LogP contribution in [0.25, 0.3) is 17.0 Å². The average Bonchev–Trinajstić information content (AvgIpc) is 3.37. The molecule has 1 atom stereocenters. The molecule has 0 aliphatic rings. The van der Waals surface area contributed by atoms with Crippen molar-refractivity contribution in [3.8, 4) is 5.75 Å². The van der Waals surface area contributed by atoms with Crippen LogP contribution in [0.5, 0.6) is 5.75 Å². The molecule has 4 rings (SSSR count). The Balaban J connectivity index is 1.30. The Morgan fingerprint density at radius 1 is 1.23 bits per heavy atom. The van der Waals surface area contributed by atoms with Crippen LogP contribution in [0.3, 0.4) is 0 Å². The second-order valence-electron chi connectivity index (χ2n) is 6.97. The molecule has 2 aromatic carbocycles. The summed E-state index contributed by atoms with van der Waals surface area (Å²) < 4.78 is 11.5. The molecule has 2 aromatic heterocycles. The lowest BCUT2D eigenvalue weighted by molar-refractivity contribution is -0.117. The number of nitrogens with zero attached hydrogens (tertiary/aromatic N) is 1. The summed E-state index contributed by atoms with van der Waals surface area (Å²) in [6.07, 6.45) is 3.29. The number of nitrogens with one attached hydrogen (secondary N) is 1. The highest BCUT2D eigenvalue weighted by atomic mass is 32.1. The number of carbonyl (C=O) groups is 1. The number of aromatic nitrogens is 1. The van der Waals surface area contributed by atoms with Gasteiger partial charge in [-0.2, -0.15) is 0 Å². The van der Waals surface area contributed by atoms with E-state index in [4.69, 9.17) is 9.15 Å². The number of para-hydroxylation sites is 1. The van der Waals surface area contributed by atoms with Gasteiger partial charge in [0, 0.05) is 16.8 Å². The van der Waals surface area contributed by atoms with E-state index >= 15 is 0 Å². The minimum absolute atomic E-state index is 0.179. The van der Waals surface area contributed by atoms with Gasteiger partial charge in [-0.25, -0.2) is 4.98 Å². The molecule has 6 heteroatoms. The molecule has 1 N–H and O–H groups in total. The second-order valence-corrected chi connectivity index (χ2v) is 8.03. The van der Waals surface area contributed by atoms with Crippen molar-refractivity contribution in [3.05, 3.63) is 88.1 Å². The van der Waals surface area contributed by atoms with Gasteiger partial charge in [0.25, 0.3) is 0 Å². The van der Waals surface area contributed by atoms with E-state index in [-0.39, 0.29) is 11.9 Å². The molecule has 0 radical (unpaired) electrons. The number of fused-ring (bicyclic) bond motifs is 1. The number of ether oxygens (including phenoxy) is 1. The molecule has 30 heavy (non-hydrogen) atoms. The molecule has 0 spiro atoms. The zero-order valence-electron chi connectivity index (χ0n) is 16.8. The molecule has 0 aliphatic heterocycles. The molecule has 1 unspecified atom stereocenters. The van der Waals surface area contributed by atoms with Gasteiger partial charge in [-0.15, -0.1) is 11.3 Å². The second kappa shape index (κ2) is 8.97. The van der Waals surface area contributed by atoms with Crippen molar-refractivity contribution in [2.24, 2.45) is 0 Å². The Morgan fingerprint density at radius 3 is 2.77 bits per heavy atom. The molecule has 0 fully saturated rings. The molecule has 152 valence electrons. The fraction of sp³-hybridized carbons (Fsp3) is 0.167. The SMILES string of the molecule is Cc1nc(COc2ccc(/C=C/C(=O)NC(C)c3cc4ccccc4o3)cc2)cs1. The van der Waals surface area contributed by atoms with Crippen molar-refractivity contribution in [2.45, 2.75) is 26.5 Å². The van der Waals surface area contributed by atoms with Crippen molar-refractivity contribution in [2.75, 3.05) is 0 Å². The normalized spacial score (nSPS) is 12.3. The quantitative estimate of drug-likeness (QED) is 0.393. The standard InChI is InChI=1S/C24H22N2O3S/c1-16(23-13-19-5-3-4-6-22(19)29-23)25-24(27)12-9-18-7-10-21(11-8-18)28-14-20-15-30-17(2)26-20/h3-13,15-16H,14H2,1-2H3,(H,25,27)/b12-9+. The number of carbonyl (C=O) groups excluding carboxylic acids is 1. The van der Waals surface area contributed by atoms with Gasteiger partial charge in [-0.05, 0) is 49.8 Å². The number of hydrogen-bond acceptors (Lipinski definition) is 5. The van der Waals surface area contributed by atoms with Crippen LogP contribution in [-0.2, 0) is 11.4 Å². The van der Waals surface area contributed by atoms with Gasteiger partial charge in [0.1, 0.15) is 23.7 Å². The third-order valence-corrected chi connectivity index (χ3v) is 5.41. The average molecular weight is 419 g/mol. The lowest BCUT2D eigenvalue weighted by Gasteiger charge is -2.09. The van der Waals surface area contributed by atoms with Crippen LogP contribution < -0.4 is 10.1 Å². The zero-order valence-corrected chi connectivity index (χ0v) is 17.6. The molecule has 0 aliphatic carbocycles. The van der Waals surface area contributed by atoms with E-state index in [1.807, 2.05) is 73.8 Å². The summed E-state index contributed by atoms with van der Waals surface area (Å²) in [6.45, 7) is 4.32. The summed E-state index contributed by atoms with van der Waals surface area (Å²) in [6, 6.07) is 17.1. The highest BCUT2D eigenvalue weighted by Crippen LogP contribution is 2.23. The Kier molecular flexibility index (Phi) is 5.95. The third-order valence-electron chi connectivity index (χ3n) is 4.59. The first-order valence-electron chi connectivity index (χ1n) is 9.68. The largest absolute Gasteiger partial charge is 0.487 e. The van der Waals surface area contributed by atoms with Gasteiger partial charge in [0.05, 0.1) is 16.7 Å². The van der Waals surface area contributed by atoms with E-state index in [1.54, 1.807) is 17.4 Å². The van der Waals surface area contributed by atoms with Crippen molar-refractivity contribution in [3.63, 3.8) is 0 Å². The van der Waals surface area contributed by atoms with Gasteiger partial charge in [0.2, 0.25) is 5.91 Å². The molecule has 5 nitrogen and oxygen atoms in total. The molecule has 1 amide bonds. The van der Waals surface area contributed by atoms with Crippen molar-refractivity contribution in [1.29, 1.82) is 0 Å². The molecule has 0 bridgehead atoms. The number of amides is 1. The van der Waals surface area contributed by atoms with E-state index in [9.17, 15) is 4.79 Å². The first kappa shape index (κ1) is 19.9. The van der Waals surface area contributed by atoms with Crippen LogP contribution in [0.2, 0.25) is 0 Å². The van der Waals surface area contributed by atoms with Crippen LogP contribution >= 0.6 is 11.3 Å². The summed E-state index contributed by atoms with van der Waals surface area (Å²) in [5.41, 5.74) is 2.66. The number of aryl methyl sites for hydroxylation is 1. The van der Waals surface area contributed by atoms with Gasteiger partial charge in [-0.1, -0.05) is 30.3 Å². The predicted molar refractivity (Wildman–Crippen MR) is 119 cm³/mol. The van der Waals surface area contributed by atoms with Gasteiger partial charge in [0.15, 0.2) is 0 Å². The van der Waals surface area contributed by atoms with E-state index in [1.165, 1.54) is 6.08 Å². The molecule has 4 aromatic rings. The van der Waals surface area contributed by atoms with E-state index in [0.29, 0.717) is 6.61 Å². The fourth-order valence-corrected chi connectivity index (χ4v) is 3.62. The smallest absolute Gasteiger partial charge is 0.244 e. The van der Waals surface area contributed by atoms with Gasteiger partial charge >= 0.3 is 0 Å². The Hall–Kier alpha value is -3.38. The lowest BCUT2D eigenvalue weighted by atomic mass is 10.2. The fourth-order valence-electron chi connectivity index (χ4n) is 3.03. The maximum atomic E-state index is 12.3. The number of hydrogen-bond donors (Lipinski definition) is 1. The maximum Gasteiger partial charge on any atom is 0.244 e. The van der Waals surface area contributed by atoms with Crippen LogP contribution in [0.15, 0.2) is 70.5 Å². The summed E-state index contributed by atoms with van der Waals surface area (Å²) in [7, 11) is 0. The summed E-state index contributed by atoms with van der Waals surface area (Å²) in [4.78, 5) is 16.7. The number of rotatable bonds is 7. The van der Waals surface area contributed by atoms with E-state index in [2.05, 4.69) is 10.3 Å². The van der Waals surface area contributed by atoms with Gasteiger partial charge in [-0.3, -0.25) is 4.79 Å². The Labute approximate surface area is 179 Å². The Morgan fingerprint density at radius 2 is 2.03 bits per heavy atom. The molecule has 0 saturated carbocycles. The maximum absolute atomic E-state index is 12.3. The summed E-state index contributed by atoms with van der Waals surface area (Å²) in [5, 5.41) is 6.98. The molecule has 2 heterocycles. The Bertz CT molecular complexity index is 1140. The van der Waals surface area contributed by atoms with E-state index in [0.717, 1.165) is 38.7 Å². The lowest BCUT2D eigenvalue weighted by Crippen LogP contribution is -2.24. The van der Waals surface area contributed by atoms with Crippen molar-refractivity contribution >= 4 is 34.3 Å². The van der Waals surface area contributed by atoms with Crippen molar-refractivity contribution < 1.29 is 13.9 Å². The summed E-state index contributed by atoms with van der Waals surface area (Å²) >= 11 is 1.61. The van der Waals surface area contributed by atoms with E-state index < -0.39 is 0 Å². The minimum Gasteiger partial charge on any atom is -0.487 e. The molecular formula is C24H22N2O3S. The first-order chi connectivity index (χ1) is 14.6. The van der Waals surface area contributed by atoms with Crippen LogP contribution in [0, 0.1) is 6.92 Å². The van der Waals surface area contributed by atoms with Gasteiger partial charge < -0.3 is 14.5 Å². The van der Waals surface area contributed by atoms with Crippen LogP contribution in [-0.4, -0.2) is 10.9 Å². The van der Waals surface area contributed by atoms with Crippen molar-refractivity contribution in [1.82, 2.24) is 10.3 Å². The number of furan rings is 1. The highest BCUT2D eigenvalue weighted by molar-refractivity contribution is 7.09. The van der Waals surface area contributed by atoms with Crippen LogP contribution in [0.4, 0.5) is 0 Å². The summed E-state index contributed by atoms with van der Waals surface area (Å²) in [5.74, 6) is 1.32. The monoisotopic (exact) mass is 418 g/mol. The van der Waals surface area contributed by atoms with Crippen LogP contribution in [0.1, 0.15) is 35.0 Å². The minimum atomic E-state index is -0.223. The molecule has 0 saturated heterocycles.